The first-order chi connectivity index (χ1) is 14.9. The van der Waals surface area contributed by atoms with E-state index in [2.05, 4.69) is 54.9 Å². The van der Waals surface area contributed by atoms with E-state index in [9.17, 15) is 9.90 Å². The maximum absolute atomic E-state index is 12.2. The lowest BCUT2D eigenvalue weighted by molar-refractivity contribution is -0.410. The number of likely N-dealkylation sites (tertiary alicyclic amines) is 1. The number of carbonyl (C=O) groups is 1. The molecule has 1 fully saturated rings. The number of benzene rings is 2. The minimum Gasteiger partial charge on any atom is -0.508 e. The van der Waals surface area contributed by atoms with Gasteiger partial charge in [-0.1, -0.05) is 43.3 Å². The van der Waals surface area contributed by atoms with E-state index in [0.29, 0.717) is 24.1 Å². The second-order valence-corrected chi connectivity index (χ2v) is 9.56. The Hall–Kier alpha value is -2.46. The Morgan fingerprint density at radius 3 is 2.77 bits per heavy atom. The van der Waals surface area contributed by atoms with Crippen LogP contribution in [0.15, 0.2) is 48.5 Å². The van der Waals surface area contributed by atoms with Crippen LogP contribution in [0.1, 0.15) is 55.7 Å². The van der Waals surface area contributed by atoms with Crippen LogP contribution in [-0.4, -0.2) is 46.8 Å². The summed E-state index contributed by atoms with van der Waals surface area (Å²) >= 11 is 0. The van der Waals surface area contributed by atoms with Gasteiger partial charge in [-0.05, 0) is 78.8 Å². The van der Waals surface area contributed by atoms with Crippen molar-refractivity contribution in [1.29, 1.82) is 0 Å². The number of fused-ring (bicyclic) bond motifs is 4. The summed E-state index contributed by atoms with van der Waals surface area (Å²) in [4.78, 5) is 14.8. The third-order valence-corrected chi connectivity index (χ3v) is 7.71. The first-order valence-electron chi connectivity index (χ1n) is 11.6. The number of rotatable bonds is 6. The number of amides is 1. The Morgan fingerprint density at radius 1 is 1.26 bits per heavy atom. The lowest BCUT2D eigenvalue weighted by Crippen LogP contribution is -2.50. The number of carbonyl (C=O) groups excluding carboxylic acids is 1. The van der Waals surface area contributed by atoms with Crippen LogP contribution in [0.5, 0.6) is 5.75 Å². The molecule has 2 aliphatic rings. The molecular weight excluding hydrogens is 384 g/mol. The van der Waals surface area contributed by atoms with Gasteiger partial charge in [-0.3, -0.25) is 4.90 Å². The third kappa shape index (κ3) is 4.31. The highest BCUT2D eigenvalue weighted by Gasteiger charge is 2.49. The summed E-state index contributed by atoms with van der Waals surface area (Å²) in [7, 11) is 1.72. The SMILES string of the molecule is C=[N+](C)C(=O)CCCC12CCCN(Cc3ccccc3)C(Cc3ccc(O)cc31)C2C. The number of phenolic OH excluding ortho intramolecular Hbond substituents is 1. The second kappa shape index (κ2) is 8.96. The average Bonchev–Trinajstić information content (AvgIpc) is 2.83. The molecule has 2 aromatic rings. The molecule has 0 radical (unpaired) electrons. The molecule has 3 atom stereocenters. The topological polar surface area (TPSA) is 43.5 Å². The molecule has 4 heteroatoms. The number of aromatic hydroxyl groups is 1. The minimum atomic E-state index is 0.00243. The van der Waals surface area contributed by atoms with Crippen LogP contribution in [0.3, 0.4) is 0 Å². The zero-order chi connectivity index (χ0) is 22.0. The second-order valence-electron chi connectivity index (χ2n) is 9.56. The molecule has 2 bridgehead atoms. The van der Waals surface area contributed by atoms with E-state index in [1.165, 1.54) is 21.3 Å². The molecule has 1 amide bonds. The Labute approximate surface area is 186 Å². The monoisotopic (exact) mass is 419 g/mol. The van der Waals surface area contributed by atoms with Gasteiger partial charge in [0.1, 0.15) is 19.5 Å². The maximum Gasteiger partial charge on any atom is 0.386 e. The summed E-state index contributed by atoms with van der Waals surface area (Å²) in [6, 6.07) is 17.2. The molecular formula is C27H35N2O2+. The van der Waals surface area contributed by atoms with Crippen LogP contribution in [-0.2, 0) is 23.2 Å². The van der Waals surface area contributed by atoms with Gasteiger partial charge in [0.05, 0.1) is 6.42 Å². The van der Waals surface area contributed by atoms with Crippen LogP contribution in [0.25, 0.3) is 0 Å². The van der Waals surface area contributed by atoms with Crippen molar-refractivity contribution in [3.8, 4) is 5.75 Å². The molecule has 1 aliphatic heterocycles. The molecule has 2 aromatic carbocycles. The lowest BCUT2D eigenvalue weighted by Gasteiger charge is -2.49. The van der Waals surface area contributed by atoms with Crippen LogP contribution in [0, 0.1) is 5.92 Å². The van der Waals surface area contributed by atoms with E-state index in [1.54, 1.807) is 7.05 Å². The number of phenols is 1. The van der Waals surface area contributed by atoms with Crippen molar-refractivity contribution in [2.45, 2.75) is 63.5 Å². The molecule has 0 aromatic heterocycles. The summed E-state index contributed by atoms with van der Waals surface area (Å²) in [5.41, 5.74) is 4.04. The van der Waals surface area contributed by atoms with E-state index in [1.807, 2.05) is 12.1 Å². The third-order valence-electron chi connectivity index (χ3n) is 7.71. The highest BCUT2D eigenvalue weighted by Crippen LogP contribution is 2.51. The highest BCUT2D eigenvalue weighted by molar-refractivity contribution is 5.68. The van der Waals surface area contributed by atoms with Crippen molar-refractivity contribution in [2.24, 2.45) is 5.92 Å². The van der Waals surface area contributed by atoms with Crippen LogP contribution in [0.4, 0.5) is 0 Å². The van der Waals surface area contributed by atoms with E-state index < -0.39 is 0 Å². The Kier molecular flexibility index (Phi) is 6.29. The van der Waals surface area contributed by atoms with Gasteiger partial charge in [-0.25, -0.2) is 4.79 Å². The summed E-state index contributed by atoms with van der Waals surface area (Å²) in [6.07, 6.45) is 5.60. The Balaban J connectivity index is 1.66. The normalized spacial score (nSPS) is 25.5. The van der Waals surface area contributed by atoms with Gasteiger partial charge in [-0.2, -0.15) is 4.58 Å². The molecule has 31 heavy (non-hydrogen) atoms. The van der Waals surface area contributed by atoms with E-state index >= 15 is 0 Å². The van der Waals surface area contributed by atoms with E-state index in [-0.39, 0.29) is 11.3 Å². The number of hydrogen-bond donors (Lipinski definition) is 1. The van der Waals surface area contributed by atoms with Crippen molar-refractivity contribution in [1.82, 2.24) is 4.90 Å². The number of nitrogens with zero attached hydrogens (tertiary/aromatic N) is 2. The fourth-order valence-corrected chi connectivity index (χ4v) is 6.04. The fourth-order valence-electron chi connectivity index (χ4n) is 6.04. The molecule has 1 N–H and O–H groups in total. The van der Waals surface area contributed by atoms with Gasteiger partial charge in [0.15, 0.2) is 0 Å². The van der Waals surface area contributed by atoms with Gasteiger partial charge in [-0.15, -0.1) is 0 Å². The van der Waals surface area contributed by atoms with Crippen LogP contribution in [0.2, 0.25) is 0 Å². The van der Waals surface area contributed by atoms with Crippen molar-refractivity contribution < 1.29 is 14.5 Å². The average molecular weight is 420 g/mol. The van der Waals surface area contributed by atoms with Gasteiger partial charge in [0, 0.05) is 12.6 Å². The molecule has 0 saturated carbocycles. The zero-order valence-electron chi connectivity index (χ0n) is 18.9. The predicted octanol–water partition coefficient (Wildman–Crippen LogP) is 4.53. The standard InChI is InChI=1S/C27H34N2O2/c1-20-25-17-22-12-13-23(30)18-24(22)27(20,14-7-11-26(31)28(2)3)15-8-16-29(25)19-21-9-5-4-6-10-21/h4-6,9-10,12-13,18,20,25H,2,7-8,11,14-17,19H2,1,3H3/p+1. The van der Waals surface area contributed by atoms with Crippen molar-refractivity contribution in [2.75, 3.05) is 13.6 Å². The fraction of sp³-hybridized carbons (Fsp3) is 0.481. The first kappa shape index (κ1) is 21.8. The molecule has 1 heterocycles. The minimum absolute atomic E-state index is 0.00243. The van der Waals surface area contributed by atoms with Gasteiger partial charge >= 0.3 is 5.91 Å². The van der Waals surface area contributed by atoms with Crippen LogP contribution < -0.4 is 0 Å². The van der Waals surface area contributed by atoms with E-state index in [0.717, 1.165) is 45.2 Å². The largest absolute Gasteiger partial charge is 0.508 e. The van der Waals surface area contributed by atoms with Crippen molar-refractivity contribution >= 4 is 12.6 Å². The highest BCUT2D eigenvalue weighted by atomic mass is 16.3. The van der Waals surface area contributed by atoms with Crippen LogP contribution >= 0.6 is 0 Å². The molecule has 3 unspecified atom stereocenters. The van der Waals surface area contributed by atoms with E-state index in [4.69, 9.17) is 0 Å². The molecule has 0 spiro atoms. The van der Waals surface area contributed by atoms with Crippen molar-refractivity contribution in [3.63, 3.8) is 0 Å². The predicted molar refractivity (Wildman–Crippen MR) is 125 cm³/mol. The quantitative estimate of drug-likeness (QED) is 0.553. The lowest BCUT2D eigenvalue weighted by atomic mass is 9.58. The maximum atomic E-state index is 12.2. The summed E-state index contributed by atoms with van der Waals surface area (Å²) in [6.45, 7) is 8.20. The zero-order valence-corrected chi connectivity index (χ0v) is 18.9. The summed E-state index contributed by atoms with van der Waals surface area (Å²) in [5.74, 6) is 0.898. The van der Waals surface area contributed by atoms with Crippen molar-refractivity contribution in [3.05, 3.63) is 65.2 Å². The molecule has 4 nitrogen and oxygen atoms in total. The molecule has 4 rings (SSSR count). The van der Waals surface area contributed by atoms with Gasteiger partial charge < -0.3 is 5.11 Å². The Morgan fingerprint density at radius 2 is 2.03 bits per heavy atom. The molecule has 1 saturated heterocycles. The molecule has 1 aliphatic carbocycles. The summed E-state index contributed by atoms with van der Waals surface area (Å²) in [5, 5.41) is 10.3. The Bertz CT molecular complexity index is 955. The van der Waals surface area contributed by atoms with Gasteiger partial charge in [0.2, 0.25) is 0 Å². The first-order valence-corrected chi connectivity index (χ1v) is 11.6. The smallest absolute Gasteiger partial charge is 0.386 e. The molecule has 164 valence electrons. The summed E-state index contributed by atoms with van der Waals surface area (Å²) < 4.78 is 1.44. The van der Waals surface area contributed by atoms with Gasteiger partial charge in [0.25, 0.3) is 0 Å². The number of hydrogen-bond acceptors (Lipinski definition) is 3.